The number of aliphatic hydroxyl groups excluding tert-OH is 3. The van der Waals surface area contributed by atoms with Gasteiger partial charge in [0, 0.05) is 6.07 Å². The number of hydrogen-bond acceptors (Lipinski definition) is 12. The van der Waals surface area contributed by atoms with E-state index in [1.165, 1.54) is 0 Å². The fourth-order valence-corrected chi connectivity index (χ4v) is 2.67. The standard InChI is InChI=1S/C18H18O12/c19-8-1-2-27-5-11(8)29-18-16(25)15(24)14(23)12(30-18)6-28-17(26)7-3-9(20)13(22)10(21)4-7/h1-5,12,14-16,18,20-25H,6H2/t12-,14-,15+,16-,18-/m1/s1. The van der Waals surface area contributed by atoms with E-state index in [9.17, 15) is 40.2 Å². The number of rotatable bonds is 5. The molecule has 1 fully saturated rings. The normalized spacial score (nSPS) is 26.2. The minimum atomic E-state index is -1.76. The molecule has 1 aliphatic rings. The van der Waals surface area contributed by atoms with Gasteiger partial charge in [-0.1, -0.05) is 0 Å². The molecule has 5 atom stereocenters. The number of benzene rings is 1. The van der Waals surface area contributed by atoms with Crippen LogP contribution in [0.5, 0.6) is 23.0 Å². The Morgan fingerprint density at radius 1 is 1.03 bits per heavy atom. The summed E-state index contributed by atoms with van der Waals surface area (Å²) in [5.41, 5.74) is -0.907. The molecular weight excluding hydrogens is 408 g/mol. The van der Waals surface area contributed by atoms with Crippen molar-refractivity contribution in [2.45, 2.75) is 30.7 Å². The second kappa shape index (κ2) is 8.59. The highest BCUT2D eigenvalue weighted by Crippen LogP contribution is 2.35. The van der Waals surface area contributed by atoms with Crippen LogP contribution in [-0.2, 0) is 9.47 Å². The first kappa shape index (κ1) is 21.4. The molecule has 1 aromatic heterocycles. The number of aromatic hydroxyl groups is 3. The van der Waals surface area contributed by atoms with Gasteiger partial charge in [-0.05, 0) is 12.1 Å². The van der Waals surface area contributed by atoms with Gasteiger partial charge in [0.1, 0.15) is 37.3 Å². The topological polar surface area (TPSA) is 196 Å². The van der Waals surface area contributed by atoms with Crippen LogP contribution in [0.4, 0.5) is 0 Å². The predicted octanol–water partition coefficient (Wildman–Crippen LogP) is -1.20. The van der Waals surface area contributed by atoms with Crippen molar-refractivity contribution in [2.75, 3.05) is 6.61 Å². The number of phenols is 3. The summed E-state index contributed by atoms with van der Waals surface area (Å²) >= 11 is 0. The van der Waals surface area contributed by atoms with Crippen molar-refractivity contribution in [3.8, 4) is 23.0 Å². The van der Waals surface area contributed by atoms with Crippen molar-refractivity contribution in [3.05, 3.63) is 46.5 Å². The Morgan fingerprint density at radius 2 is 1.70 bits per heavy atom. The molecule has 1 saturated heterocycles. The van der Waals surface area contributed by atoms with Gasteiger partial charge in [-0.15, -0.1) is 0 Å². The molecule has 0 aliphatic carbocycles. The van der Waals surface area contributed by atoms with Crippen molar-refractivity contribution >= 4 is 5.97 Å². The molecule has 12 nitrogen and oxygen atoms in total. The summed E-state index contributed by atoms with van der Waals surface area (Å²) in [6.07, 6.45) is -6.09. The Bertz CT molecular complexity index is 947. The Morgan fingerprint density at radius 3 is 2.33 bits per heavy atom. The molecule has 2 aromatic rings. The molecule has 30 heavy (non-hydrogen) atoms. The van der Waals surface area contributed by atoms with Crippen LogP contribution in [0.1, 0.15) is 10.4 Å². The fourth-order valence-electron chi connectivity index (χ4n) is 2.67. The Hall–Kier alpha value is -3.32. The monoisotopic (exact) mass is 426 g/mol. The average Bonchev–Trinajstić information content (AvgIpc) is 2.72. The van der Waals surface area contributed by atoms with Crippen molar-refractivity contribution in [2.24, 2.45) is 0 Å². The summed E-state index contributed by atoms with van der Waals surface area (Å²) in [7, 11) is 0. The second-order valence-corrected chi connectivity index (χ2v) is 6.38. The van der Waals surface area contributed by atoms with Crippen LogP contribution in [0.3, 0.4) is 0 Å². The van der Waals surface area contributed by atoms with E-state index in [0.717, 1.165) is 30.7 Å². The molecule has 162 valence electrons. The first-order valence-electron chi connectivity index (χ1n) is 8.54. The van der Waals surface area contributed by atoms with Gasteiger partial charge >= 0.3 is 5.97 Å². The molecule has 3 rings (SSSR count). The summed E-state index contributed by atoms with van der Waals surface area (Å²) in [6.45, 7) is -0.630. The molecular formula is C18H18O12. The predicted molar refractivity (Wildman–Crippen MR) is 94.0 cm³/mol. The van der Waals surface area contributed by atoms with E-state index >= 15 is 0 Å². The summed E-state index contributed by atoms with van der Waals surface area (Å²) in [5, 5.41) is 58.4. The molecule has 0 radical (unpaired) electrons. The van der Waals surface area contributed by atoms with Crippen LogP contribution in [0.2, 0.25) is 0 Å². The van der Waals surface area contributed by atoms with Gasteiger partial charge in [-0.25, -0.2) is 4.79 Å². The summed E-state index contributed by atoms with van der Waals surface area (Å²) in [5.74, 6) is -3.72. The number of carbonyl (C=O) groups excluding carboxylic acids is 1. The highest BCUT2D eigenvalue weighted by atomic mass is 16.7. The molecule has 1 aromatic carbocycles. The molecule has 0 unspecified atom stereocenters. The van der Waals surface area contributed by atoms with E-state index in [0.29, 0.717) is 0 Å². The largest absolute Gasteiger partial charge is 0.504 e. The number of carbonyl (C=O) groups is 1. The Labute approximate surface area is 167 Å². The van der Waals surface area contributed by atoms with Gasteiger partial charge in [-0.2, -0.15) is 0 Å². The van der Waals surface area contributed by atoms with E-state index in [2.05, 4.69) is 0 Å². The van der Waals surface area contributed by atoms with E-state index in [1.807, 2.05) is 0 Å². The van der Waals surface area contributed by atoms with Crippen molar-refractivity contribution in [1.82, 2.24) is 0 Å². The van der Waals surface area contributed by atoms with Gasteiger partial charge in [0.05, 0.1) is 11.8 Å². The number of aliphatic hydroxyl groups is 3. The number of hydrogen-bond donors (Lipinski definition) is 6. The van der Waals surface area contributed by atoms with Gasteiger partial charge in [0.15, 0.2) is 17.2 Å². The molecule has 0 amide bonds. The smallest absolute Gasteiger partial charge is 0.338 e. The highest BCUT2D eigenvalue weighted by molar-refractivity contribution is 5.91. The quantitative estimate of drug-likeness (QED) is 0.247. The first-order valence-corrected chi connectivity index (χ1v) is 8.54. The summed E-state index contributed by atoms with van der Waals surface area (Å²) in [6, 6.07) is 2.74. The minimum absolute atomic E-state index is 0.316. The lowest BCUT2D eigenvalue weighted by Gasteiger charge is -2.39. The van der Waals surface area contributed by atoms with E-state index in [1.54, 1.807) is 0 Å². The molecule has 0 saturated carbocycles. The highest BCUT2D eigenvalue weighted by Gasteiger charge is 2.45. The van der Waals surface area contributed by atoms with Gasteiger partial charge in [0.25, 0.3) is 0 Å². The van der Waals surface area contributed by atoms with Gasteiger partial charge in [-0.3, -0.25) is 4.79 Å². The zero-order valence-electron chi connectivity index (χ0n) is 15.1. The number of ether oxygens (including phenoxy) is 3. The Kier molecular flexibility index (Phi) is 6.12. The maximum atomic E-state index is 12.1. The first-order chi connectivity index (χ1) is 14.2. The molecule has 12 heteroatoms. The van der Waals surface area contributed by atoms with Crippen LogP contribution in [-0.4, -0.2) is 73.9 Å². The maximum absolute atomic E-state index is 12.1. The third-order valence-corrected chi connectivity index (χ3v) is 4.31. The van der Waals surface area contributed by atoms with Crippen LogP contribution >= 0.6 is 0 Å². The lowest BCUT2D eigenvalue weighted by atomic mass is 9.99. The summed E-state index contributed by atoms with van der Waals surface area (Å²) < 4.78 is 20.2. The van der Waals surface area contributed by atoms with Crippen molar-refractivity contribution < 1.29 is 54.1 Å². The van der Waals surface area contributed by atoms with E-state index in [-0.39, 0.29) is 11.3 Å². The molecule has 0 spiro atoms. The maximum Gasteiger partial charge on any atom is 0.338 e. The summed E-state index contributed by atoms with van der Waals surface area (Å²) in [4.78, 5) is 23.8. The zero-order chi connectivity index (χ0) is 22.0. The lowest BCUT2D eigenvalue weighted by molar-refractivity contribution is -0.277. The van der Waals surface area contributed by atoms with Crippen LogP contribution < -0.4 is 10.2 Å². The fraction of sp³-hybridized carbons (Fsp3) is 0.333. The third-order valence-electron chi connectivity index (χ3n) is 4.31. The third kappa shape index (κ3) is 4.31. The van der Waals surface area contributed by atoms with Crippen LogP contribution in [0.25, 0.3) is 0 Å². The van der Waals surface area contributed by atoms with Gasteiger partial charge in [0.2, 0.25) is 17.5 Å². The van der Waals surface area contributed by atoms with Crippen LogP contribution in [0, 0.1) is 0 Å². The SMILES string of the molecule is O=C(OC[C@H]1O[C@@H](Oc2coccc2=O)[C@H](O)[C@@H](O)[C@@H]1O)c1cc(O)c(O)c(O)c1. The van der Waals surface area contributed by atoms with E-state index in [4.69, 9.17) is 18.6 Å². The second-order valence-electron chi connectivity index (χ2n) is 6.38. The molecule has 1 aliphatic heterocycles. The van der Waals surface area contributed by atoms with Crippen LogP contribution in [0.15, 0.2) is 39.9 Å². The number of phenolic OH excluding ortho intramolecular Hbond substituents is 3. The number of esters is 1. The van der Waals surface area contributed by atoms with Crippen molar-refractivity contribution in [1.29, 1.82) is 0 Å². The molecule has 0 bridgehead atoms. The molecule has 2 heterocycles. The van der Waals surface area contributed by atoms with Crippen molar-refractivity contribution in [3.63, 3.8) is 0 Å². The van der Waals surface area contributed by atoms with E-state index < -0.39 is 66.0 Å². The lowest BCUT2D eigenvalue weighted by Crippen LogP contribution is -2.60. The average molecular weight is 426 g/mol. The zero-order valence-corrected chi connectivity index (χ0v) is 15.1. The van der Waals surface area contributed by atoms with Gasteiger partial charge < -0.3 is 49.3 Å². The Balaban J connectivity index is 1.69. The molecule has 6 N–H and O–H groups in total. The minimum Gasteiger partial charge on any atom is -0.504 e.